The Kier molecular flexibility index (Phi) is 5.47. The van der Waals surface area contributed by atoms with Crippen LogP contribution in [0, 0.1) is 6.92 Å². The molecule has 0 bridgehead atoms. The molecule has 0 radical (unpaired) electrons. The first kappa shape index (κ1) is 23.2. The van der Waals surface area contributed by atoms with Gasteiger partial charge in [0.2, 0.25) is 5.95 Å². The van der Waals surface area contributed by atoms with E-state index < -0.39 is 0 Å². The fourth-order valence-corrected chi connectivity index (χ4v) is 5.38. The Bertz CT molecular complexity index is 1360. The zero-order valence-corrected chi connectivity index (χ0v) is 21.1. The molecule has 3 aromatic heterocycles. The molecular formula is C26H32N8O. The molecule has 4 heterocycles. The van der Waals surface area contributed by atoms with Crippen molar-refractivity contribution in [1.82, 2.24) is 35.1 Å². The number of phenols is 1. The first-order valence-corrected chi connectivity index (χ1v) is 11.9. The number of aromatic nitrogens is 6. The number of nitrogens with zero attached hydrogens (tertiary/aromatic N) is 7. The Balaban J connectivity index is 1.38. The summed E-state index contributed by atoms with van der Waals surface area (Å²) in [7, 11) is 2.02. The minimum absolute atomic E-state index is 0.0252. The van der Waals surface area contributed by atoms with E-state index in [0.29, 0.717) is 23.2 Å². The molecule has 0 atom stereocenters. The van der Waals surface area contributed by atoms with Crippen LogP contribution < -0.4 is 10.2 Å². The van der Waals surface area contributed by atoms with Gasteiger partial charge in [0.15, 0.2) is 5.65 Å². The van der Waals surface area contributed by atoms with E-state index in [1.54, 1.807) is 23.0 Å². The van der Waals surface area contributed by atoms with Crippen LogP contribution in [0.3, 0.4) is 0 Å². The molecule has 0 aliphatic carbocycles. The molecule has 1 aliphatic heterocycles. The normalized spacial score (nSPS) is 17.5. The monoisotopic (exact) mass is 472 g/mol. The minimum atomic E-state index is 0.0252. The third kappa shape index (κ3) is 4.55. The molecule has 1 aromatic carbocycles. The molecule has 35 heavy (non-hydrogen) atoms. The second-order valence-electron chi connectivity index (χ2n) is 10.8. The van der Waals surface area contributed by atoms with E-state index >= 15 is 0 Å². The number of benzene rings is 1. The number of rotatable bonds is 4. The van der Waals surface area contributed by atoms with E-state index in [-0.39, 0.29) is 16.8 Å². The average Bonchev–Trinajstić information content (AvgIpc) is 3.26. The number of anilines is 1. The van der Waals surface area contributed by atoms with E-state index in [1.165, 1.54) is 0 Å². The van der Waals surface area contributed by atoms with Crippen molar-refractivity contribution in [1.29, 1.82) is 0 Å². The Labute approximate surface area is 205 Å². The SMILES string of the molecule is Cc1cc(-c2ccc(-c3cnc(N(C)C4CC(C)(C)NC(C)(C)C4)nn3)c(O)c2)nn2ccnc12. The lowest BCUT2D eigenvalue weighted by molar-refractivity contribution is 0.160. The van der Waals surface area contributed by atoms with Crippen molar-refractivity contribution < 1.29 is 5.11 Å². The summed E-state index contributed by atoms with van der Waals surface area (Å²) in [6.45, 7) is 10.9. The highest BCUT2D eigenvalue weighted by Crippen LogP contribution is 2.34. The highest BCUT2D eigenvalue weighted by atomic mass is 16.3. The molecule has 2 N–H and O–H groups in total. The van der Waals surface area contributed by atoms with Gasteiger partial charge in [0.05, 0.1) is 11.9 Å². The Morgan fingerprint density at radius 3 is 2.43 bits per heavy atom. The first-order chi connectivity index (χ1) is 16.5. The minimum Gasteiger partial charge on any atom is -0.507 e. The van der Waals surface area contributed by atoms with Crippen LogP contribution >= 0.6 is 0 Å². The van der Waals surface area contributed by atoms with E-state index in [0.717, 1.165) is 35.3 Å². The zero-order chi connectivity index (χ0) is 25.0. The van der Waals surface area contributed by atoms with Gasteiger partial charge >= 0.3 is 0 Å². The van der Waals surface area contributed by atoms with E-state index in [1.807, 2.05) is 38.4 Å². The van der Waals surface area contributed by atoms with Crippen LogP contribution in [0.4, 0.5) is 5.95 Å². The number of aryl methyl sites for hydroxylation is 1. The van der Waals surface area contributed by atoms with E-state index in [4.69, 9.17) is 0 Å². The third-order valence-corrected chi connectivity index (χ3v) is 6.69. The number of aromatic hydroxyl groups is 1. The van der Waals surface area contributed by atoms with Crippen LogP contribution in [0.15, 0.2) is 42.9 Å². The van der Waals surface area contributed by atoms with Crippen molar-refractivity contribution in [2.45, 2.75) is 64.6 Å². The number of fused-ring (bicyclic) bond motifs is 1. The van der Waals surface area contributed by atoms with Crippen LogP contribution in [-0.2, 0) is 0 Å². The molecule has 1 saturated heterocycles. The lowest BCUT2D eigenvalue weighted by Gasteiger charge is -2.48. The van der Waals surface area contributed by atoms with Gasteiger partial charge in [0.25, 0.3) is 0 Å². The third-order valence-electron chi connectivity index (χ3n) is 6.69. The number of nitrogens with one attached hydrogen (secondary N) is 1. The van der Waals surface area contributed by atoms with Gasteiger partial charge in [-0.1, -0.05) is 6.07 Å². The van der Waals surface area contributed by atoms with Gasteiger partial charge < -0.3 is 15.3 Å². The number of imidazole rings is 1. The molecule has 9 nitrogen and oxygen atoms in total. The fourth-order valence-electron chi connectivity index (χ4n) is 5.38. The van der Waals surface area contributed by atoms with E-state index in [9.17, 15) is 5.11 Å². The van der Waals surface area contributed by atoms with Crippen molar-refractivity contribution in [2.24, 2.45) is 0 Å². The van der Waals surface area contributed by atoms with Crippen molar-refractivity contribution in [3.05, 3.63) is 48.4 Å². The zero-order valence-electron chi connectivity index (χ0n) is 21.1. The molecule has 5 rings (SSSR count). The van der Waals surface area contributed by atoms with Gasteiger partial charge in [0.1, 0.15) is 11.4 Å². The van der Waals surface area contributed by atoms with Crippen molar-refractivity contribution in [3.63, 3.8) is 0 Å². The Hall–Kier alpha value is -3.59. The van der Waals surface area contributed by atoms with Crippen LogP contribution in [-0.4, -0.2) is 59.1 Å². The van der Waals surface area contributed by atoms with Gasteiger partial charge in [-0.15, -0.1) is 10.2 Å². The van der Waals surface area contributed by atoms with Gasteiger partial charge in [-0.2, -0.15) is 5.10 Å². The molecule has 0 saturated carbocycles. The summed E-state index contributed by atoms with van der Waals surface area (Å²) in [5.41, 5.74) is 4.53. The Morgan fingerprint density at radius 2 is 1.77 bits per heavy atom. The van der Waals surface area contributed by atoms with Gasteiger partial charge in [-0.05, 0) is 71.2 Å². The Morgan fingerprint density at radius 1 is 1.03 bits per heavy atom. The van der Waals surface area contributed by atoms with Crippen LogP contribution in [0.2, 0.25) is 0 Å². The second-order valence-corrected chi connectivity index (χ2v) is 10.8. The summed E-state index contributed by atoms with van der Waals surface area (Å²) in [4.78, 5) is 11.0. The quantitative estimate of drug-likeness (QED) is 0.459. The van der Waals surface area contributed by atoms with Crippen LogP contribution in [0.5, 0.6) is 5.75 Å². The smallest absolute Gasteiger partial charge is 0.245 e. The van der Waals surface area contributed by atoms with Crippen molar-refractivity contribution in [2.75, 3.05) is 11.9 Å². The maximum absolute atomic E-state index is 10.8. The van der Waals surface area contributed by atoms with Gasteiger partial charge in [0, 0.05) is 47.7 Å². The van der Waals surface area contributed by atoms with Crippen molar-refractivity contribution in [3.8, 4) is 28.3 Å². The molecule has 0 amide bonds. The van der Waals surface area contributed by atoms with Crippen molar-refractivity contribution >= 4 is 11.6 Å². The average molecular weight is 473 g/mol. The van der Waals surface area contributed by atoms with E-state index in [2.05, 4.69) is 63.2 Å². The molecule has 1 fully saturated rings. The van der Waals surface area contributed by atoms with Gasteiger partial charge in [-0.3, -0.25) is 0 Å². The lowest BCUT2D eigenvalue weighted by Crippen LogP contribution is -2.62. The predicted molar refractivity (Wildman–Crippen MR) is 136 cm³/mol. The largest absolute Gasteiger partial charge is 0.507 e. The fraction of sp³-hybridized carbons (Fsp3) is 0.423. The summed E-state index contributed by atoms with van der Waals surface area (Å²) < 4.78 is 1.74. The van der Waals surface area contributed by atoms with Crippen LogP contribution in [0.25, 0.3) is 28.2 Å². The maximum atomic E-state index is 10.8. The molecule has 0 unspecified atom stereocenters. The molecule has 1 aliphatic rings. The molecule has 4 aromatic rings. The maximum Gasteiger partial charge on any atom is 0.245 e. The van der Waals surface area contributed by atoms with Crippen LogP contribution in [0.1, 0.15) is 46.1 Å². The lowest BCUT2D eigenvalue weighted by atomic mass is 9.79. The van der Waals surface area contributed by atoms with Gasteiger partial charge in [-0.25, -0.2) is 14.5 Å². The second kappa shape index (κ2) is 8.27. The molecule has 182 valence electrons. The number of hydrogen-bond donors (Lipinski definition) is 2. The standard InChI is InChI=1S/C26H32N8O/c1-16-11-20(31-34-10-9-27-23(16)34)17-7-8-19(22(35)12-17)21-15-28-24(30-29-21)33(6)18-13-25(2,3)32-26(4,5)14-18/h7-12,15,18,32,35H,13-14H2,1-6H3. The first-order valence-electron chi connectivity index (χ1n) is 11.9. The molecule has 9 heteroatoms. The summed E-state index contributed by atoms with van der Waals surface area (Å²) in [6, 6.07) is 7.70. The number of piperidine rings is 1. The topological polar surface area (TPSA) is 104 Å². The summed E-state index contributed by atoms with van der Waals surface area (Å²) in [6.07, 6.45) is 7.17. The molecular weight excluding hydrogens is 440 g/mol. The molecule has 0 spiro atoms. The summed E-state index contributed by atoms with van der Waals surface area (Å²) in [5, 5.41) is 27.9. The summed E-state index contributed by atoms with van der Waals surface area (Å²) in [5.74, 6) is 0.684. The highest BCUT2D eigenvalue weighted by Gasteiger charge is 2.39. The number of phenolic OH excluding ortho intramolecular Hbond substituents is 1. The summed E-state index contributed by atoms with van der Waals surface area (Å²) >= 11 is 0. The predicted octanol–water partition coefficient (Wildman–Crippen LogP) is 4.01. The highest BCUT2D eigenvalue weighted by molar-refractivity contribution is 5.73. The number of hydrogen-bond acceptors (Lipinski definition) is 8.